The van der Waals surface area contributed by atoms with Gasteiger partial charge >= 0.3 is 0 Å². The number of methoxy groups -OCH3 is 1. The average Bonchev–Trinajstić information content (AvgIpc) is 3.05. The van der Waals surface area contributed by atoms with Gasteiger partial charge in [-0.3, -0.25) is 14.5 Å². The zero-order chi connectivity index (χ0) is 19.6. The lowest BCUT2D eigenvalue weighted by Gasteiger charge is -2.14. The van der Waals surface area contributed by atoms with Crippen LogP contribution >= 0.6 is 11.8 Å². The Bertz CT molecular complexity index is 914. The molecule has 1 aliphatic rings. The molecule has 27 heavy (non-hydrogen) atoms. The maximum absolute atomic E-state index is 12.8. The van der Waals surface area contributed by atoms with Gasteiger partial charge in [0, 0.05) is 25.0 Å². The van der Waals surface area contributed by atoms with Gasteiger partial charge in [0.2, 0.25) is 0 Å². The van der Waals surface area contributed by atoms with Gasteiger partial charge in [-0.15, -0.1) is 0 Å². The topological polar surface area (TPSA) is 51.5 Å². The lowest BCUT2D eigenvalue weighted by Crippen LogP contribution is -2.27. The van der Waals surface area contributed by atoms with E-state index < -0.39 is 0 Å². The minimum Gasteiger partial charge on any atom is -0.383 e. The molecule has 5 nitrogen and oxygen atoms in total. The van der Waals surface area contributed by atoms with Gasteiger partial charge in [0.25, 0.3) is 11.1 Å². The molecule has 0 saturated carbocycles. The van der Waals surface area contributed by atoms with Crippen molar-refractivity contribution >= 4 is 29.0 Å². The van der Waals surface area contributed by atoms with Crippen molar-refractivity contribution in [2.45, 2.75) is 33.9 Å². The van der Waals surface area contributed by atoms with Crippen LogP contribution in [0.4, 0.5) is 4.79 Å². The van der Waals surface area contributed by atoms with E-state index in [1.165, 1.54) is 4.90 Å². The van der Waals surface area contributed by atoms with E-state index in [-0.39, 0.29) is 11.1 Å². The maximum Gasteiger partial charge on any atom is 0.293 e. The number of imide groups is 1. The number of hydrogen-bond donors (Lipinski definition) is 0. The molecule has 0 radical (unpaired) electrons. The number of aromatic nitrogens is 1. The van der Waals surface area contributed by atoms with Gasteiger partial charge in [0.15, 0.2) is 0 Å². The Morgan fingerprint density at radius 3 is 2.59 bits per heavy atom. The van der Waals surface area contributed by atoms with Crippen molar-refractivity contribution in [3.8, 4) is 0 Å². The van der Waals surface area contributed by atoms with Crippen LogP contribution in [-0.2, 0) is 22.6 Å². The third-order valence-corrected chi connectivity index (χ3v) is 5.79. The van der Waals surface area contributed by atoms with Gasteiger partial charge in [-0.1, -0.05) is 24.3 Å². The summed E-state index contributed by atoms with van der Waals surface area (Å²) in [4.78, 5) is 27.0. The highest BCUT2D eigenvalue weighted by molar-refractivity contribution is 8.18. The zero-order valence-corrected chi connectivity index (χ0v) is 16.9. The summed E-state index contributed by atoms with van der Waals surface area (Å²) in [5.41, 5.74) is 5.19. The Morgan fingerprint density at radius 1 is 1.15 bits per heavy atom. The molecular formula is C21H24N2O3S. The molecule has 3 rings (SSSR count). The molecule has 1 fully saturated rings. The standard InChI is InChI=1S/C21H24N2O3S/c1-14-7-5-6-8-17(14)13-23-20(24)19(27-21(23)25)12-18-11-15(2)22(16(18)3)9-10-26-4/h5-8,11-12H,9-10,13H2,1-4H3/b19-12-. The molecule has 2 heterocycles. The Kier molecular flexibility index (Phi) is 5.87. The van der Waals surface area contributed by atoms with Crippen molar-refractivity contribution in [1.82, 2.24) is 9.47 Å². The van der Waals surface area contributed by atoms with Crippen LogP contribution in [0, 0.1) is 20.8 Å². The minimum absolute atomic E-state index is 0.220. The first kappa shape index (κ1) is 19.5. The summed E-state index contributed by atoms with van der Waals surface area (Å²) in [7, 11) is 1.68. The van der Waals surface area contributed by atoms with Crippen LogP contribution in [0.5, 0.6) is 0 Å². The van der Waals surface area contributed by atoms with E-state index in [1.54, 1.807) is 7.11 Å². The fraction of sp³-hybridized carbons (Fsp3) is 0.333. The van der Waals surface area contributed by atoms with Gasteiger partial charge in [-0.05, 0) is 61.4 Å². The number of carbonyl (C=O) groups excluding carboxylic acids is 2. The molecule has 2 amide bonds. The predicted octanol–water partition coefficient (Wildman–Crippen LogP) is 4.30. The molecule has 0 N–H and O–H groups in total. The highest BCUT2D eigenvalue weighted by atomic mass is 32.2. The number of amides is 2. The van der Waals surface area contributed by atoms with Crippen molar-refractivity contribution in [1.29, 1.82) is 0 Å². The van der Waals surface area contributed by atoms with E-state index in [2.05, 4.69) is 4.57 Å². The monoisotopic (exact) mass is 384 g/mol. The molecule has 1 saturated heterocycles. The van der Waals surface area contributed by atoms with E-state index in [9.17, 15) is 9.59 Å². The molecule has 1 aliphatic heterocycles. The third-order valence-electron chi connectivity index (χ3n) is 4.88. The second kappa shape index (κ2) is 8.15. The number of rotatable bonds is 6. The summed E-state index contributed by atoms with van der Waals surface area (Å²) < 4.78 is 7.32. The van der Waals surface area contributed by atoms with Gasteiger partial charge in [-0.25, -0.2) is 0 Å². The molecule has 2 aromatic rings. The van der Waals surface area contributed by atoms with E-state index >= 15 is 0 Å². The van der Waals surface area contributed by atoms with Crippen molar-refractivity contribution in [2.75, 3.05) is 13.7 Å². The summed E-state index contributed by atoms with van der Waals surface area (Å²) in [6.45, 7) is 7.73. The van der Waals surface area contributed by atoms with Crippen LogP contribution < -0.4 is 0 Å². The van der Waals surface area contributed by atoms with Gasteiger partial charge < -0.3 is 9.30 Å². The van der Waals surface area contributed by atoms with Crippen LogP contribution in [0.25, 0.3) is 6.08 Å². The Morgan fingerprint density at radius 2 is 1.89 bits per heavy atom. The fourth-order valence-electron chi connectivity index (χ4n) is 3.24. The molecular weight excluding hydrogens is 360 g/mol. The molecule has 0 atom stereocenters. The normalized spacial score (nSPS) is 16.0. The number of hydrogen-bond acceptors (Lipinski definition) is 4. The van der Waals surface area contributed by atoms with E-state index in [0.717, 1.165) is 46.4 Å². The summed E-state index contributed by atoms with van der Waals surface area (Å²) >= 11 is 1.01. The van der Waals surface area contributed by atoms with Crippen LogP contribution in [-0.4, -0.2) is 34.3 Å². The smallest absolute Gasteiger partial charge is 0.293 e. The molecule has 0 bridgehead atoms. The summed E-state index contributed by atoms with van der Waals surface area (Å²) in [5, 5.41) is -0.220. The van der Waals surface area contributed by atoms with E-state index in [0.29, 0.717) is 18.1 Å². The average molecular weight is 385 g/mol. The largest absolute Gasteiger partial charge is 0.383 e. The van der Waals surface area contributed by atoms with E-state index in [4.69, 9.17) is 4.74 Å². The first-order chi connectivity index (χ1) is 12.9. The molecule has 0 aliphatic carbocycles. The second-order valence-corrected chi connectivity index (χ2v) is 7.66. The first-order valence-electron chi connectivity index (χ1n) is 8.88. The van der Waals surface area contributed by atoms with Crippen molar-refractivity contribution in [3.63, 3.8) is 0 Å². The highest BCUT2D eigenvalue weighted by Gasteiger charge is 2.35. The lowest BCUT2D eigenvalue weighted by molar-refractivity contribution is -0.123. The molecule has 1 aromatic heterocycles. The van der Waals surface area contributed by atoms with Gasteiger partial charge in [0.1, 0.15) is 0 Å². The van der Waals surface area contributed by atoms with Crippen LogP contribution in [0.15, 0.2) is 35.2 Å². The first-order valence-corrected chi connectivity index (χ1v) is 9.69. The Hall–Kier alpha value is -2.31. The third kappa shape index (κ3) is 4.01. The number of nitrogens with zero attached hydrogens (tertiary/aromatic N) is 2. The number of ether oxygens (including phenoxy) is 1. The Labute approximate surface area is 164 Å². The van der Waals surface area contributed by atoms with Crippen LogP contribution in [0.3, 0.4) is 0 Å². The molecule has 0 spiro atoms. The maximum atomic E-state index is 12.8. The fourth-order valence-corrected chi connectivity index (χ4v) is 4.07. The summed E-state index contributed by atoms with van der Waals surface area (Å²) in [5.74, 6) is -0.227. The number of aryl methyl sites for hydroxylation is 2. The SMILES string of the molecule is COCCn1c(C)cc(/C=C2\SC(=O)N(Cc3ccccc3C)C2=O)c1C. The van der Waals surface area contributed by atoms with Gasteiger partial charge in [0.05, 0.1) is 18.1 Å². The zero-order valence-electron chi connectivity index (χ0n) is 16.1. The highest BCUT2D eigenvalue weighted by Crippen LogP contribution is 2.34. The summed E-state index contributed by atoms with van der Waals surface area (Å²) in [6.07, 6.45) is 1.83. The lowest BCUT2D eigenvalue weighted by atomic mass is 10.1. The Balaban J connectivity index is 1.83. The van der Waals surface area contributed by atoms with E-state index in [1.807, 2.05) is 57.2 Å². The second-order valence-electron chi connectivity index (χ2n) is 6.67. The molecule has 142 valence electrons. The van der Waals surface area contributed by atoms with Gasteiger partial charge in [-0.2, -0.15) is 0 Å². The summed E-state index contributed by atoms with van der Waals surface area (Å²) in [6, 6.07) is 9.85. The van der Waals surface area contributed by atoms with Crippen molar-refractivity contribution in [2.24, 2.45) is 0 Å². The number of carbonyl (C=O) groups is 2. The van der Waals surface area contributed by atoms with Crippen molar-refractivity contribution in [3.05, 3.63) is 63.3 Å². The number of benzene rings is 1. The van der Waals surface area contributed by atoms with Crippen LogP contribution in [0.1, 0.15) is 28.1 Å². The molecule has 0 unspecified atom stereocenters. The predicted molar refractivity (Wildman–Crippen MR) is 108 cm³/mol. The van der Waals surface area contributed by atoms with Crippen molar-refractivity contribution < 1.29 is 14.3 Å². The minimum atomic E-state index is -0.227. The van der Waals surface area contributed by atoms with Crippen LogP contribution in [0.2, 0.25) is 0 Å². The quantitative estimate of drug-likeness (QED) is 0.697. The number of thioether (sulfide) groups is 1. The molecule has 1 aromatic carbocycles. The molecule has 6 heteroatoms.